The fourth-order valence-corrected chi connectivity index (χ4v) is 1.66. The molecule has 0 saturated heterocycles. The first-order chi connectivity index (χ1) is 8.99. The van der Waals surface area contributed by atoms with Gasteiger partial charge in [-0.3, -0.25) is 10.1 Å². The van der Waals surface area contributed by atoms with Gasteiger partial charge in [0, 0.05) is 24.4 Å². The van der Waals surface area contributed by atoms with Gasteiger partial charge in [-0.25, -0.2) is 0 Å². The Balaban J connectivity index is 2.34. The van der Waals surface area contributed by atoms with E-state index in [0.717, 1.165) is 25.2 Å². The van der Waals surface area contributed by atoms with Gasteiger partial charge in [-0.15, -0.1) is 0 Å². The van der Waals surface area contributed by atoms with Crippen LogP contribution in [0.25, 0.3) is 0 Å². The number of rotatable bonds is 6. The highest BCUT2D eigenvalue weighted by Crippen LogP contribution is 2.15. The average Bonchev–Trinajstić information content (AvgIpc) is 2.35. The molecule has 0 aliphatic rings. The molecule has 104 valence electrons. The molecule has 0 amide bonds. The Morgan fingerprint density at radius 2 is 2.00 bits per heavy atom. The molecule has 19 heavy (non-hydrogen) atoms. The van der Waals surface area contributed by atoms with Crippen molar-refractivity contribution in [3.05, 3.63) is 34.4 Å². The van der Waals surface area contributed by atoms with Crippen molar-refractivity contribution in [1.82, 2.24) is 10.2 Å². The van der Waals surface area contributed by atoms with E-state index in [0.29, 0.717) is 5.11 Å². The highest BCUT2D eigenvalue weighted by Gasteiger charge is 2.04. The van der Waals surface area contributed by atoms with Gasteiger partial charge in [0.1, 0.15) is 0 Å². The normalized spacial score (nSPS) is 10.3. The van der Waals surface area contributed by atoms with E-state index in [-0.39, 0.29) is 5.69 Å². The molecule has 1 rings (SSSR count). The lowest BCUT2D eigenvalue weighted by Gasteiger charge is -2.12. The van der Waals surface area contributed by atoms with Crippen LogP contribution in [-0.4, -0.2) is 42.1 Å². The minimum atomic E-state index is -0.429. The molecule has 0 aliphatic carbocycles. The summed E-state index contributed by atoms with van der Waals surface area (Å²) in [6.07, 6.45) is 0.995. The Hall–Kier alpha value is -1.73. The lowest BCUT2D eigenvalue weighted by molar-refractivity contribution is -0.384. The highest BCUT2D eigenvalue weighted by atomic mass is 32.1. The first kappa shape index (κ1) is 15.3. The molecule has 1 aromatic carbocycles. The van der Waals surface area contributed by atoms with Crippen molar-refractivity contribution in [3.8, 4) is 0 Å². The van der Waals surface area contributed by atoms with Crippen molar-refractivity contribution in [2.75, 3.05) is 32.5 Å². The molecule has 0 aromatic heterocycles. The van der Waals surface area contributed by atoms with Crippen molar-refractivity contribution in [3.63, 3.8) is 0 Å². The van der Waals surface area contributed by atoms with Gasteiger partial charge in [0.15, 0.2) is 5.11 Å². The first-order valence-corrected chi connectivity index (χ1v) is 6.34. The van der Waals surface area contributed by atoms with Crippen LogP contribution in [0.3, 0.4) is 0 Å². The van der Waals surface area contributed by atoms with Gasteiger partial charge in [-0.2, -0.15) is 0 Å². The van der Waals surface area contributed by atoms with Gasteiger partial charge >= 0.3 is 0 Å². The number of nitro benzene ring substituents is 1. The predicted octanol–water partition coefficient (Wildman–Crippen LogP) is 1.83. The molecule has 1 aromatic rings. The van der Waals surface area contributed by atoms with Gasteiger partial charge < -0.3 is 15.5 Å². The van der Waals surface area contributed by atoms with E-state index in [4.69, 9.17) is 12.2 Å². The summed E-state index contributed by atoms with van der Waals surface area (Å²) in [6.45, 7) is 1.78. The summed E-state index contributed by atoms with van der Waals surface area (Å²) in [5.41, 5.74) is 0.797. The maximum absolute atomic E-state index is 10.5. The summed E-state index contributed by atoms with van der Waals surface area (Å²) in [7, 11) is 4.04. The minimum Gasteiger partial charge on any atom is -0.362 e. The van der Waals surface area contributed by atoms with Crippen LogP contribution in [0.15, 0.2) is 24.3 Å². The SMILES string of the molecule is CN(C)CCCNC(=S)Nc1ccc([N+](=O)[O-])cc1. The third-order valence-electron chi connectivity index (χ3n) is 2.40. The zero-order valence-electron chi connectivity index (χ0n) is 11.0. The van der Waals surface area contributed by atoms with Crippen molar-refractivity contribution in [2.45, 2.75) is 6.42 Å². The van der Waals surface area contributed by atoms with Crippen LogP contribution >= 0.6 is 12.2 Å². The second kappa shape index (κ2) is 7.65. The van der Waals surface area contributed by atoms with E-state index < -0.39 is 4.92 Å². The van der Waals surface area contributed by atoms with E-state index in [1.54, 1.807) is 12.1 Å². The highest BCUT2D eigenvalue weighted by molar-refractivity contribution is 7.80. The van der Waals surface area contributed by atoms with E-state index in [9.17, 15) is 10.1 Å². The van der Waals surface area contributed by atoms with Gasteiger partial charge in [-0.05, 0) is 51.4 Å². The summed E-state index contributed by atoms with van der Waals surface area (Å²) >= 11 is 5.13. The summed E-state index contributed by atoms with van der Waals surface area (Å²) in [4.78, 5) is 12.2. The molecule has 0 spiro atoms. The molecular weight excluding hydrogens is 264 g/mol. The Bertz CT molecular complexity index is 434. The standard InChI is InChI=1S/C12H18N4O2S/c1-15(2)9-3-8-13-12(19)14-10-4-6-11(7-5-10)16(17)18/h4-7H,3,8-9H2,1-2H3,(H2,13,14,19). The molecule has 0 radical (unpaired) electrons. The zero-order chi connectivity index (χ0) is 14.3. The van der Waals surface area contributed by atoms with E-state index >= 15 is 0 Å². The number of benzene rings is 1. The summed E-state index contributed by atoms with van der Waals surface area (Å²) in [5.74, 6) is 0. The number of hydrogen-bond acceptors (Lipinski definition) is 4. The van der Waals surface area contributed by atoms with Crippen molar-refractivity contribution < 1.29 is 4.92 Å². The smallest absolute Gasteiger partial charge is 0.269 e. The number of thiocarbonyl (C=S) groups is 1. The molecule has 0 bridgehead atoms. The first-order valence-electron chi connectivity index (χ1n) is 5.93. The third-order valence-corrected chi connectivity index (χ3v) is 2.65. The van der Waals surface area contributed by atoms with Crippen molar-refractivity contribution >= 4 is 28.7 Å². The third kappa shape index (κ3) is 6.12. The van der Waals surface area contributed by atoms with Crippen LogP contribution in [-0.2, 0) is 0 Å². The molecular formula is C12H18N4O2S. The molecule has 0 unspecified atom stereocenters. The number of nitrogens with zero attached hydrogens (tertiary/aromatic N) is 2. The van der Waals surface area contributed by atoms with Gasteiger partial charge in [0.2, 0.25) is 0 Å². The maximum Gasteiger partial charge on any atom is 0.269 e. The number of nitrogens with one attached hydrogen (secondary N) is 2. The number of anilines is 1. The second-order valence-corrected chi connectivity index (χ2v) is 4.75. The Kier molecular flexibility index (Phi) is 6.17. The average molecular weight is 282 g/mol. The van der Waals surface area contributed by atoms with Crippen molar-refractivity contribution in [2.24, 2.45) is 0 Å². The lowest BCUT2D eigenvalue weighted by atomic mass is 10.3. The summed E-state index contributed by atoms with van der Waals surface area (Å²) in [6, 6.07) is 6.14. The van der Waals surface area contributed by atoms with E-state index in [2.05, 4.69) is 15.5 Å². The topological polar surface area (TPSA) is 70.4 Å². The Morgan fingerprint density at radius 3 is 2.53 bits per heavy atom. The summed E-state index contributed by atoms with van der Waals surface area (Å²) < 4.78 is 0. The molecule has 0 fully saturated rings. The molecule has 0 aliphatic heterocycles. The fourth-order valence-electron chi connectivity index (χ4n) is 1.44. The van der Waals surface area contributed by atoms with Gasteiger partial charge in [0.25, 0.3) is 5.69 Å². The largest absolute Gasteiger partial charge is 0.362 e. The summed E-state index contributed by atoms with van der Waals surface area (Å²) in [5, 5.41) is 17.1. The van der Waals surface area contributed by atoms with Crippen LogP contribution in [0, 0.1) is 10.1 Å². The lowest BCUT2D eigenvalue weighted by Crippen LogP contribution is -2.30. The monoisotopic (exact) mass is 282 g/mol. The molecule has 0 atom stereocenters. The fraction of sp³-hybridized carbons (Fsp3) is 0.417. The zero-order valence-corrected chi connectivity index (χ0v) is 11.9. The van der Waals surface area contributed by atoms with Crippen LogP contribution in [0.4, 0.5) is 11.4 Å². The maximum atomic E-state index is 10.5. The molecule has 6 nitrogen and oxygen atoms in total. The van der Waals surface area contributed by atoms with Crippen molar-refractivity contribution in [1.29, 1.82) is 0 Å². The van der Waals surface area contributed by atoms with Crippen LogP contribution in [0.5, 0.6) is 0 Å². The number of non-ortho nitro benzene ring substituents is 1. The Morgan fingerprint density at radius 1 is 1.37 bits per heavy atom. The number of hydrogen-bond donors (Lipinski definition) is 2. The molecule has 0 saturated carbocycles. The molecule has 0 heterocycles. The molecule has 2 N–H and O–H groups in total. The predicted molar refractivity (Wildman–Crippen MR) is 80.5 cm³/mol. The molecule has 7 heteroatoms. The second-order valence-electron chi connectivity index (χ2n) is 4.34. The van der Waals surface area contributed by atoms with E-state index in [1.807, 2.05) is 14.1 Å². The Labute approximate surface area is 117 Å². The van der Waals surface area contributed by atoms with E-state index in [1.165, 1.54) is 12.1 Å². The minimum absolute atomic E-state index is 0.0652. The van der Waals surface area contributed by atoms with Crippen LogP contribution in [0.1, 0.15) is 6.42 Å². The van der Waals surface area contributed by atoms with Gasteiger partial charge in [0.05, 0.1) is 4.92 Å². The van der Waals surface area contributed by atoms with Crippen LogP contribution in [0.2, 0.25) is 0 Å². The quantitative estimate of drug-likeness (QED) is 0.359. The van der Waals surface area contributed by atoms with Gasteiger partial charge in [-0.1, -0.05) is 0 Å². The number of nitro groups is 1. The van der Waals surface area contributed by atoms with Crippen LogP contribution < -0.4 is 10.6 Å².